The molecule has 0 N–H and O–H groups in total. The van der Waals surface area contributed by atoms with Gasteiger partial charge in [0.1, 0.15) is 0 Å². The van der Waals surface area contributed by atoms with Gasteiger partial charge in [-0.25, -0.2) is 0 Å². The van der Waals surface area contributed by atoms with Crippen LogP contribution in [0.25, 0.3) is 0 Å². The molecule has 72 valence electrons. The maximum Gasteiger partial charge on any atom is 0.00425 e. The lowest BCUT2D eigenvalue weighted by atomic mass is 10.1. The van der Waals surface area contributed by atoms with Crippen molar-refractivity contribution < 1.29 is 0 Å². The highest BCUT2D eigenvalue weighted by atomic mass is 79.9. The average molecular weight is 259 g/mol. The van der Waals surface area contributed by atoms with Gasteiger partial charge >= 0.3 is 0 Å². The normalized spacial score (nSPS) is 10.2. The number of rotatable bonds is 6. The predicted molar refractivity (Wildman–Crippen MR) is 65.4 cm³/mol. The van der Waals surface area contributed by atoms with Gasteiger partial charge in [-0.2, -0.15) is 0 Å². The third-order valence-electron chi connectivity index (χ3n) is 2.03. The Morgan fingerprint density at radius 1 is 1.00 bits per heavy atom. The minimum atomic E-state index is 1.23. The van der Waals surface area contributed by atoms with E-state index >= 15 is 0 Å². The Morgan fingerprint density at radius 3 is 2.46 bits per heavy atom. The summed E-state index contributed by atoms with van der Waals surface area (Å²) in [6.45, 7) is 0. The highest BCUT2D eigenvalue weighted by molar-refractivity contribution is 9.50. The van der Waals surface area contributed by atoms with Crippen LogP contribution in [-0.2, 0) is 6.42 Å². The second kappa shape index (κ2) is 7.45. The van der Waals surface area contributed by atoms with Crippen LogP contribution in [0.3, 0.4) is 0 Å². The van der Waals surface area contributed by atoms with Crippen LogP contribution in [0.4, 0.5) is 0 Å². The minimum absolute atomic E-state index is 1.23. The molecule has 0 amide bonds. The fourth-order valence-corrected chi connectivity index (χ4v) is 2.31. The predicted octanol–water partition coefficient (Wildman–Crippen LogP) is 4.44. The van der Waals surface area contributed by atoms with E-state index < -0.39 is 0 Å². The molecule has 0 fully saturated rings. The van der Waals surface area contributed by atoms with Gasteiger partial charge in [0.05, 0.1) is 0 Å². The zero-order valence-electron chi connectivity index (χ0n) is 7.71. The van der Waals surface area contributed by atoms with E-state index in [-0.39, 0.29) is 0 Å². The van der Waals surface area contributed by atoms with Gasteiger partial charge < -0.3 is 0 Å². The number of benzene rings is 1. The Labute approximate surface area is 92.3 Å². The molecule has 0 aliphatic carbocycles. The van der Waals surface area contributed by atoms with Gasteiger partial charge in [-0.1, -0.05) is 46.9 Å². The Hall–Kier alpha value is 0.0500. The van der Waals surface area contributed by atoms with Crippen molar-refractivity contribution in [2.75, 3.05) is 5.75 Å². The Morgan fingerprint density at radius 2 is 1.77 bits per heavy atom. The maximum absolute atomic E-state index is 3.36. The quantitative estimate of drug-likeness (QED) is 0.680. The summed E-state index contributed by atoms with van der Waals surface area (Å²) in [6.07, 6.45) is 5.21. The summed E-state index contributed by atoms with van der Waals surface area (Å²) in [4.78, 5) is 0. The third-order valence-corrected chi connectivity index (χ3v) is 3.44. The molecule has 0 saturated heterocycles. The fraction of sp³-hybridized carbons (Fsp3) is 0.455. The van der Waals surface area contributed by atoms with E-state index in [0.717, 1.165) is 0 Å². The van der Waals surface area contributed by atoms with Gasteiger partial charge in [0.15, 0.2) is 0 Å². The summed E-state index contributed by atoms with van der Waals surface area (Å²) in [5.41, 5.74) is 1.47. The van der Waals surface area contributed by atoms with E-state index in [2.05, 4.69) is 45.1 Å². The maximum atomic E-state index is 3.36. The third kappa shape index (κ3) is 5.37. The van der Waals surface area contributed by atoms with E-state index in [1.807, 2.05) is 0 Å². The molecule has 0 aromatic heterocycles. The lowest BCUT2D eigenvalue weighted by Crippen LogP contribution is -1.85. The highest BCUT2D eigenvalue weighted by Gasteiger charge is 1.92. The van der Waals surface area contributed by atoms with Gasteiger partial charge in [-0.15, -0.1) is 0 Å². The first-order valence-corrected chi connectivity index (χ1v) is 7.54. The van der Waals surface area contributed by atoms with Crippen molar-refractivity contribution in [3.05, 3.63) is 35.9 Å². The van der Waals surface area contributed by atoms with Crippen molar-refractivity contribution in [3.63, 3.8) is 0 Å². The highest BCUT2D eigenvalue weighted by Crippen LogP contribution is 2.13. The van der Waals surface area contributed by atoms with Crippen LogP contribution in [0.2, 0.25) is 0 Å². The topological polar surface area (TPSA) is 0 Å². The second-order valence-electron chi connectivity index (χ2n) is 3.11. The van der Waals surface area contributed by atoms with Crippen LogP contribution in [0.1, 0.15) is 24.8 Å². The molecule has 0 nitrogen and oxygen atoms in total. The van der Waals surface area contributed by atoms with Gasteiger partial charge in [0.25, 0.3) is 0 Å². The second-order valence-corrected chi connectivity index (χ2v) is 5.11. The monoisotopic (exact) mass is 258 g/mol. The van der Waals surface area contributed by atoms with Crippen molar-refractivity contribution in [3.8, 4) is 0 Å². The summed E-state index contributed by atoms with van der Waals surface area (Å²) in [7, 11) is 1.76. The first-order chi connectivity index (χ1) is 6.43. The molecule has 0 atom stereocenters. The molecule has 0 unspecified atom stereocenters. The largest absolute Gasteiger partial charge is 0.0836 e. The number of unbranched alkanes of at least 4 members (excludes halogenated alkanes) is 2. The summed E-state index contributed by atoms with van der Waals surface area (Å²) in [5.74, 6) is 1.23. The molecule has 0 heterocycles. The molecule has 2 heteroatoms. The van der Waals surface area contributed by atoms with E-state index in [0.29, 0.717) is 0 Å². The van der Waals surface area contributed by atoms with Crippen molar-refractivity contribution in [1.82, 2.24) is 0 Å². The standard InChI is InChI=1S/C11H15BrS/c12-13-10-6-2-5-9-11-7-3-1-4-8-11/h1,3-4,7-8H,2,5-6,9-10H2. The summed E-state index contributed by atoms with van der Waals surface area (Å²) >= 11 is 3.36. The molecule has 1 aromatic rings. The van der Waals surface area contributed by atoms with Crippen molar-refractivity contribution >= 4 is 25.0 Å². The Balaban J connectivity index is 2.07. The lowest BCUT2D eigenvalue weighted by molar-refractivity contribution is 0.723. The number of aryl methyl sites for hydroxylation is 1. The smallest absolute Gasteiger partial charge is 0.00425 e. The van der Waals surface area contributed by atoms with Crippen LogP contribution in [-0.4, -0.2) is 5.75 Å². The van der Waals surface area contributed by atoms with Crippen LogP contribution < -0.4 is 0 Å². The summed E-state index contributed by atoms with van der Waals surface area (Å²) < 4.78 is 0. The first kappa shape index (κ1) is 11.1. The molecule has 13 heavy (non-hydrogen) atoms. The van der Waals surface area contributed by atoms with Crippen molar-refractivity contribution in [2.24, 2.45) is 0 Å². The molecule has 0 radical (unpaired) electrons. The zero-order valence-corrected chi connectivity index (χ0v) is 10.1. The molecule has 0 aliphatic rings. The van der Waals surface area contributed by atoms with E-state index in [9.17, 15) is 0 Å². The minimum Gasteiger partial charge on any atom is -0.0836 e. The number of hydrogen-bond acceptors (Lipinski definition) is 1. The first-order valence-electron chi connectivity index (χ1n) is 4.71. The van der Waals surface area contributed by atoms with Crippen LogP contribution in [0.15, 0.2) is 30.3 Å². The molecule has 1 aromatic carbocycles. The average Bonchev–Trinajstić information content (AvgIpc) is 2.19. The van der Waals surface area contributed by atoms with E-state index in [1.54, 1.807) is 10.2 Å². The molecular formula is C11H15BrS. The van der Waals surface area contributed by atoms with Crippen LogP contribution in [0.5, 0.6) is 0 Å². The van der Waals surface area contributed by atoms with Gasteiger partial charge in [0.2, 0.25) is 0 Å². The zero-order chi connectivity index (χ0) is 9.36. The fourth-order valence-electron chi connectivity index (χ4n) is 1.31. The van der Waals surface area contributed by atoms with E-state index in [1.165, 1.54) is 37.0 Å². The molecular weight excluding hydrogens is 244 g/mol. The van der Waals surface area contributed by atoms with Crippen LogP contribution >= 0.6 is 25.0 Å². The molecule has 0 spiro atoms. The van der Waals surface area contributed by atoms with Gasteiger partial charge in [0, 0.05) is 5.75 Å². The summed E-state index contributed by atoms with van der Waals surface area (Å²) in [6, 6.07) is 10.7. The van der Waals surface area contributed by atoms with Gasteiger partial charge in [-0.3, -0.25) is 0 Å². The molecule has 1 rings (SSSR count). The summed E-state index contributed by atoms with van der Waals surface area (Å²) in [5, 5.41) is 0. The van der Waals surface area contributed by atoms with Crippen molar-refractivity contribution in [1.29, 1.82) is 0 Å². The SMILES string of the molecule is BrSCCCCCc1ccccc1. The lowest BCUT2D eigenvalue weighted by Gasteiger charge is -2.00. The Bertz CT molecular complexity index is 211. The molecule has 0 bridgehead atoms. The molecule has 0 saturated carbocycles. The molecule has 0 aliphatic heterocycles. The van der Waals surface area contributed by atoms with Crippen molar-refractivity contribution in [2.45, 2.75) is 25.7 Å². The number of hydrogen-bond donors (Lipinski definition) is 0. The van der Waals surface area contributed by atoms with E-state index in [4.69, 9.17) is 0 Å². The van der Waals surface area contributed by atoms with Crippen LogP contribution in [0, 0.1) is 0 Å². The van der Waals surface area contributed by atoms with Gasteiger partial charge in [-0.05, 0) is 39.6 Å². The Kier molecular flexibility index (Phi) is 6.38. The number of halogens is 1.